The van der Waals surface area contributed by atoms with Crippen molar-refractivity contribution in [2.45, 2.75) is 25.8 Å². The number of aryl methyl sites for hydroxylation is 1. The van der Waals surface area contributed by atoms with E-state index in [4.69, 9.17) is 9.26 Å². The standard InChI is InChI=1S/C22H26N4O2/c1-16-6-9-21(23-12-16)27-15-17-7-8-18-14-26(11-10-25(18)13-17)22-19-4-2-3-5-20(19)28-24-22/h2-6,9,12,17-18H,7-8,10-11,13-15H2,1H3. The number of piperazine rings is 1. The molecule has 0 spiro atoms. The second-order valence-corrected chi connectivity index (χ2v) is 8.03. The number of anilines is 1. The summed E-state index contributed by atoms with van der Waals surface area (Å²) >= 11 is 0. The van der Waals surface area contributed by atoms with Crippen LogP contribution in [0.25, 0.3) is 11.0 Å². The number of fused-ring (bicyclic) bond motifs is 2. The molecule has 2 atom stereocenters. The van der Waals surface area contributed by atoms with Gasteiger partial charge in [0.15, 0.2) is 11.4 Å². The van der Waals surface area contributed by atoms with Gasteiger partial charge in [0.1, 0.15) is 0 Å². The molecule has 0 aliphatic carbocycles. The monoisotopic (exact) mass is 378 g/mol. The SMILES string of the molecule is Cc1ccc(OCC2CCC3CN(c4noc5ccccc45)CCN3C2)nc1. The summed E-state index contributed by atoms with van der Waals surface area (Å²) in [6.45, 7) is 6.95. The van der Waals surface area contributed by atoms with Crippen LogP contribution in [0.15, 0.2) is 47.1 Å². The quantitative estimate of drug-likeness (QED) is 0.692. The number of nitrogens with zero attached hydrogens (tertiary/aromatic N) is 4. The molecule has 6 nitrogen and oxygen atoms in total. The topological polar surface area (TPSA) is 54.6 Å². The number of hydrogen-bond donors (Lipinski definition) is 0. The van der Waals surface area contributed by atoms with E-state index in [1.807, 2.05) is 43.5 Å². The smallest absolute Gasteiger partial charge is 0.213 e. The lowest BCUT2D eigenvalue weighted by molar-refractivity contribution is 0.0717. The van der Waals surface area contributed by atoms with E-state index >= 15 is 0 Å². The maximum Gasteiger partial charge on any atom is 0.213 e. The maximum atomic E-state index is 5.94. The molecule has 5 rings (SSSR count). The Labute approximate surface area is 165 Å². The van der Waals surface area contributed by atoms with Crippen LogP contribution in [0.4, 0.5) is 5.82 Å². The predicted molar refractivity (Wildman–Crippen MR) is 109 cm³/mol. The molecule has 146 valence electrons. The third kappa shape index (κ3) is 3.44. The molecule has 3 aromatic rings. The Morgan fingerprint density at radius 2 is 2.04 bits per heavy atom. The Hall–Kier alpha value is -2.60. The minimum Gasteiger partial charge on any atom is -0.477 e. The molecule has 2 unspecified atom stereocenters. The highest BCUT2D eigenvalue weighted by Crippen LogP contribution is 2.31. The van der Waals surface area contributed by atoms with Crippen LogP contribution in [-0.4, -0.2) is 53.9 Å². The number of hydrogen-bond acceptors (Lipinski definition) is 6. The second kappa shape index (κ2) is 7.43. The minimum absolute atomic E-state index is 0.568. The molecule has 1 aromatic carbocycles. The molecule has 0 bridgehead atoms. The Kier molecular flexibility index (Phi) is 4.64. The van der Waals surface area contributed by atoms with Crippen molar-refractivity contribution in [3.63, 3.8) is 0 Å². The molecule has 2 aromatic heterocycles. The maximum absolute atomic E-state index is 5.94. The molecule has 0 saturated carbocycles. The normalized spacial score (nSPS) is 23.0. The van der Waals surface area contributed by atoms with Crippen LogP contribution < -0.4 is 9.64 Å². The predicted octanol–water partition coefficient (Wildman–Crippen LogP) is 3.51. The molecule has 6 heteroatoms. The van der Waals surface area contributed by atoms with Gasteiger partial charge in [-0.2, -0.15) is 0 Å². The van der Waals surface area contributed by atoms with Gasteiger partial charge in [-0.15, -0.1) is 0 Å². The molecular formula is C22H26N4O2. The number of ether oxygens (including phenoxy) is 1. The van der Waals surface area contributed by atoms with E-state index in [1.54, 1.807) is 0 Å². The lowest BCUT2D eigenvalue weighted by Gasteiger charge is -2.46. The van der Waals surface area contributed by atoms with E-state index in [9.17, 15) is 0 Å². The second-order valence-electron chi connectivity index (χ2n) is 8.03. The van der Waals surface area contributed by atoms with Crippen LogP contribution in [0.3, 0.4) is 0 Å². The number of para-hydroxylation sites is 1. The van der Waals surface area contributed by atoms with Gasteiger partial charge in [0.05, 0.1) is 12.0 Å². The van der Waals surface area contributed by atoms with E-state index in [0.29, 0.717) is 12.0 Å². The van der Waals surface area contributed by atoms with Crippen LogP contribution in [0, 0.1) is 12.8 Å². The molecule has 0 amide bonds. The highest BCUT2D eigenvalue weighted by Gasteiger charge is 2.34. The van der Waals surface area contributed by atoms with Crippen molar-refractivity contribution in [1.82, 2.24) is 15.0 Å². The molecule has 0 radical (unpaired) electrons. The largest absolute Gasteiger partial charge is 0.477 e. The molecule has 2 saturated heterocycles. The Bertz CT molecular complexity index is 939. The average Bonchev–Trinajstić information content (AvgIpc) is 3.17. The van der Waals surface area contributed by atoms with Gasteiger partial charge in [-0.1, -0.05) is 23.4 Å². The van der Waals surface area contributed by atoms with E-state index in [2.05, 4.69) is 26.0 Å². The third-order valence-electron chi connectivity index (χ3n) is 6.01. The van der Waals surface area contributed by atoms with Crippen LogP contribution in [0.5, 0.6) is 5.88 Å². The van der Waals surface area contributed by atoms with Gasteiger partial charge < -0.3 is 14.2 Å². The lowest BCUT2D eigenvalue weighted by atomic mass is 9.91. The van der Waals surface area contributed by atoms with Crippen molar-refractivity contribution >= 4 is 16.8 Å². The molecular weight excluding hydrogens is 352 g/mol. The summed E-state index contributed by atoms with van der Waals surface area (Å²) in [5, 5.41) is 5.46. The van der Waals surface area contributed by atoms with Gasteiger partial charge in [0, 0.05) is 50.4 Å². The molecule has 28 heavy (non-hydrogen) atoms. The van der Waals surface area contributed by atoms with Crippen LogP contribution >= 0.6 is 0 Å². The summed E-state index contributed by atoms with van der Waals surface area (Å²) in [6, 6.07) is 12.7. The fourth-order valence-corrected chi connectivity index (χ4v) is 4.43. The van der Waals surface area contributed by atoms with Gasteiger partial charge in [0.25, 0.3) is 0 Å². The molecule has 4 heterocycles. The fraction of sp³-hybridized carbons (Fsp3) is 0.455. The first-order valence-electron chi connectivity index (χ1n) is 10.1. The summed E-state index contributed by atoms with van der Waals surface area (Å²) in [4.78, 5) is 9.36. The summed E-state index contributed by atoms with van der Waals surface area (Å²) < 4.78 is 11.4. The number of pyridine rings is 1. The zero-order chi connectivity index (χ0) is 18.9. The lowest BCUT2D eigenvalue weighted by Crippen LogP contribution is -2.57. The first-order chi connectivity index (χ1) is 13.8. The molecule has 2 aliphatic heterocycles. The third-order valence-corrected chi connectivity index (χ3v) is 6.01. The molecule has 2 fully saturated rings. The Balaban J connectivity index is 1.19. The Morgan fingerprint density at radius 1 is 1.11 bits per heavy atom. The zero-order valence-electron chi connectivity index (χ0n) is 16.3. The summed E-state index contributed by atoms with van der Waals surface area (Å²) in [5.74, 6) is 2.29. The summed E-state index contributed by atoms with van der Waals surface area (Å²) in [5.41, 5.74) is 2.02. The van der Waals surface area contributed by atoms with Gasteiger partial charge >= 0.3 is 0 Å². The minimum atomic E-state index is 0.568. The molecule has 0 N–H and O–H groups in total. The summed E-state index contributed by atoms with van der Waals surface area (Å²) in [6.07, 6.45) is 4.25. The van der Waals surface area contributed by atoms with Crippen LogP contribution in [0.2, 0.25) is 0 Å². The van der Waals surface area contributed by atoms with Crippen LogP contribution in [0.1, 0.15) is 18.4 Å². The number of benzene rings is 1. The van der Waals surface area contributed by atoms with Gasteiger partial charge in [-0.05, 0) is 37.5 Å². The van der Waals surface area contributed by atoms with Crippen LogP contribution in [-0.2, 0) is 0 Å². The van der Waals surface area contributed by atoms with Crippen molar-refractivity contribution in [3.05, 3.63) is 48.2 Å². The highest BCUT2D eigenvalue weighted by atomic mass is 16.5. The average molecular weight is 378 g/mol. The zero-order valence-corrected chi connectivity index (χ0v) is 16.3. The fourth-order valence-electron chi connectivity index (χ4n) is 4.43. The van der Waals surface area contributed by atoms with Gasteiger partial charge in [-0.25, -0.2) is 4.98 Å². The number of aromatic nitrogens is 2. The van der Waals surface area contributed by atoms with Gasteiger partial charge in [0.2, 0.25) is 5.88 Å². The first kappa shape index (κ1) is 17.5. The summed E-state index contributed by atoms with van der Waals surface area (Å²) in [7, 11) is 0. The van der Waals surface area contributed by atoms with Crippen molar-refractivity contribution in [1.29, 1.82) is 0 Å². The van der Waals surface area contributed by atoms with E-state index in [-0.39, 0.29) is 0 Å². The van der Waals surface area contributed by atoms with E-state index < -0.39 is 0 Å². The Morgan fingerprint density at radius 3 is 2.93 bits per heavy atom. The number of rotatable bonds is 4. The highest BCUT2D eigenvalue weighted by molar-refractivity contribution is 5.88. The van der Waals surface area contributed by atoms with E-state index in [1.165, 1.54) is 12.8 Å². The van der Waals surface area contributed by atoms with Crippen molar-refractivity contribution < 1.29 is 9.26 Å². The van der Waals surface area contributed by atoms with Crippen molar-refractivity contribution in [2.75, 3.05) is 37.7 Å². The molecule has 2 aliphatic rings. The first-order valence-corrected chi connectivity index (χ1v) is 10.1. The van der Waals surface area contributed by atoms with Crippen molar-refractivity contribution in [2.24, 2.45) is 5.92 Å². The van der Waals surface area contributed by atoms with Gasteiger partial charge in [-0.3, -0.25) is 4.90 Å². The number of piperidine rings is 1. The van der Waals surface area contributed by atoms with Crippen molar-refractivity contribution in [3.8, 4) is 5.88 Å². The van der Waals surface area contributed by atoms with E-state index in [0.717, 1.165) is 61.0 Å².